The lowest BCUT2D eigenvalue weighted by molar-refractivity contribution is 0.529. The standard InChI is InChI=1S/C20H28N4O3S.HI/c1-4-21-19(23-13-20(9-10-20)14-28(3,25)26)22-11-17-12-27-18(24-17)16-7-5-15(2)6-8-16;/h5-8,12H,4,9-11,13-14H2,1-3H3,(H2,21,22,23);1H. The molecular formula is C20H29IN4O3S. The van der Waals surface area contributed by atoms with Crippen molar-refractivity contribution in [2.24, 2.45) is 10.4 Å². The first-order chi connectivity index (χ1) is 13.3. The van der Waals surface area contributed by atoms with Gasteiger partial charge in [0.05, 0.1) is 12.3 Å². The molecule has 1 heterocycles. The second kappa shape index (κ2) is 9.92. The molecule has 0 atom stereocenters. The zero-order valence-electron chi connectivity index (χ0n) is 17.1. The SMILES string of the molecule is CCNC(=NCc1coc(-c2ccc(C)cc2)n1)NCC1(CS(C)(=O)=O)CC1.I. The van der Waals surface area contributed by atoms with E-state index in [9.17, 15) is 8.42 Å². The molecule has 0 radical (unpaired) electrons. The smallest absolute Gasteiger partial charge is 0.226 e. The zero-order valence-corrected chi connectivity index (χ0v) is 20.2. The molecule has 0 aliphatic heterocycles. The summed E-state index contributed by atoms with van der Waals surface area (Å²) >= 11 is 0. The second-order valence-corrected chi connectivity index (χ2v) is 9.77. The highest BCUT2D eigenvalue weighted by molar-refractivity contribution is 14.0. The first-order valence-electron chi connectivity index (χ1n) is 9.50. The lowest BCUT2D eigenvalue weighted by Crippen LogP contribution is -2.41. The Balaban J connectivity index is 0.00000300. The molecule has 1 aliphatic carbocycles. The van der Waals surface area contributed by atoms with Crippen LogP contribution in [0.5, 0.6) is 0 Å². The van der Waals surface area contributed by atoms with Crippen molar-refractivity contribution in [1.82, 2.24) is 15.6 Å². The van der Waals surface area contributed by atoms with Crippen LogP contribution in [0.3, 0.4) is 0 Å². The van der Waals surface area contributed by atoms with Crippen molar-refractivity contribution in [2.75, 3.05) is 25.1 Å². The fourth-order valence-electron chi connectivity index (χ4n) is 3.09. The number of aromatic nitrogens is 1. The number of aryl methyl sites for hydroxylation is 1. The quantitative estimate of drug-likeness (QED) is 0.308. The van der Waals surface area contributed by atoms with E-state index in [-0.39, 0.29) is 35.1 Å². The fraction of sp³-hybridized carbons (Fsp3) is 0.500. The highest BCUT2D eigenvalue weighted by Gasteiger charge is 2.45. The summed E-state index contributed by atoms with van der Waals surface area (Å²) in [4.78, 5) is 9.06. The Bertz CT molecular complexity index is 935. The molecule has 0 amide bonds. The summed E-state index contributed by atoms with van der Waals surface area (Å²) in [7, 11) is -2.98. The van der Waals surface area contributed by atoms with Gasteiger partial charge in [0.25, 0.3) is 0 Å². The van der Waals surface area contributed by atoms with E-state index in [1.807, 2.05) is 38.1 Å². The van der Waals surface area contributed by atoms with Gasteiger partial charge in [-0.05, 0) is 38.8 Å². The number of guanidine groups is 1. The van der Waals surface area contributed by atoms with Crippen LogP contribution in [0, 0.1) is 12.3 Å². The Morgan fingerprint density at radius 2 is 1.93 bits per heavy atom. The van der Waals surface area contributed by atoms with E-state index in [1.54, 1.807) is 6.26 Å². The van der Waals surface area contributed by atoms with E-state index in [4.69, 9.17) is 4.42 Å². The third kappa shape index (κ3) is 7.29. The lowest BCUT2D eigenvalue weighted by Gasteiger charge is -2.17. The van der Waals surface area contributed by atoms with Crippen LogP contribution in [0.1, 0.15) is 31.0 Å². The number of sulfone groups is 1. The average molecular weight is 532 g/mol. The maximum absolute atomic E-state index is 11.6. The van der Waals surface area contributed by atoms with Gasteiger partial charge in [-0.1, -0.05) is 17.7 Å². The Morgan fingerprint density at radius 3 is 2.52 bits per heavy atom. The van der Waals surface area contributed by atoms with Crippen molar-refractivity contribution in [3.05, 3.63) is 41.8 Å². The van der Waals surface area contributed by atoms with Gasteiger partial charge < -0.3 is 15.1 Å². The predicted molar refractivity (Wildman–Crippen MR) is 126 cm³/mol. The number of hydrogen-bond acceptors (Lipinski definition) is 5. The van der Waals surface area contributed by atoms with Crippen LogP contribution in [0.4, 0.5) is 0 Å². The summed E-state index contributed by atoms with van der Waals surface area (Å²) in [6, 6.07) is 8.01. The maximum Gasteiger partial charge on any atom is 0.226 e. The predicted octanol–water partition coefficient (Wildman–Crippen LogP) is 3.15. The summed E-state index contributed by atoms with van der Waals surface area (Å²) in [6.45, 7) is 5.73. The molecule has 1 saturated carbocycles. The van der Waals surface area contributed by atoms with Crippen LogP contribution in [0.25, 0.3) is 11.5 Å². The number of oxazole rings is 1. The summed E-state index contributed by atoms with van der Waals surface area (Å²) in [5.74, 6) is 1.45. The van der Waals surface area contributed by atoms with Gasteiger partial charge in [-0.3, -0.25) is 0 Å². The number of hydrogen-bond donors (Lipinski definition) is 2. The molecule has 1 aromatic heterocycles. The third-order valence-electron chi connectivity index (χ3n) is 4.75. The largest absolute Gasteiger partial charge is 0.444 e. The Kier molecular flexibility index (Phi) is 8.10. The van der Waals surface area contributed by atoms with Crippen LogP contribution in [0.15, 0.2) is 39.9 Å². The van der Waals surface area contributed by atoms with E-state index in [0.29, 0.717) is 24.9 Å². The molecule has 1 aromatic carbocycles. The molecule has 9 heteroatoms. The molecule has 0 bridgehead atoms. The van der Waals surface area contributed by atoms with Crippen LogP contribution in [-0.2, 0) is 16.4 Å². The molecule has 0 unspecified atom stereocenters. The number of halogens is 1. The van der Waals surface area contributed by atoms with E-state index >= 15 is 0 Å². The van der Waals surface area contributed by atoms with E-state index in [1.165, 1.54) is 11.8 Å². The summed E-state index contributed by atoms with van der Waals surface area (Å²) < 4.78 is 28.8. The molecule has 2 N–H and O–H groups in total. The zero-order chi connectivity index (χ0) is 20.2. The monoisotopic (exact) mass is 532 g/mol. The van der Waals surface area contributed by atoms with Crippen molar-refractivity contribution >= 4 is 39.8 Å². The van der Waals surface area contributed by atoms with Gasteiger partial charge in [-0.2, -0.15) is 0 Å². The first kappa shape index (κ1) is 23.7. The topological polar surface area (TPSA) is 96.6 Å². The average Bonchev–Trinajstić information content (AvgIpc) is 3.21. The van der Waals surface area contributed by atoms with Crippen molar-refractivity contribution < 1.29 is 12.8 Å². The number of nitrogens with one attached hydrogen (secondary N) is 2. The van der Waals surface area contributed by atoms with Gasteiger partial charge in [0.2, 0.25) is 5.89 Å². The summed E-state index contributed by atoms with van der Waals surface area (Å²) in [5.41, 5.74) is 2.70. The molecule has 0 saturated heterocycles. The minimum Gasteiger partial charge on any atom is -0.444 e. The molecule has 1 aliphatic rings. The molecule has 0 spiro atoms. The minimum absolute atomic E-state index is 0. The Morgan fingerprint density at radius 1 is 1.24 bits per heavy atom. The molecule has 7 nitrogen and oxygen atoms in total. The van der Waals surface area contributed by atoms with Gasteiger partial charge in [0.1, 0.15) is 21.8 Å². The van der Waals surface area contributed by atoms with Crippen LogP contribution in [-0.4, -0.2) is 44.5 Å². The summed E-state index contributed by atoms with van der Waals surface area (Å²) in [6.07, 6.45) is 4.77. The molecule has 160 valence electrons. The number of rotatable bonds is 8. The molecule has 2 aromatic rings. The highest BCUT2D eigenvalue weighted by Crippen LogP contribution is 2.45. The van der Waals surface area contributed by atoms with Crippen LogP contribution < -0.4 is 10.6 Å². The number of nitrogens with zero attached hydrogens (tertiary/aromatic N) is 2. The van der Waals surface area contributed by atoms with Gasteiger partial charge in [-0.15, -0.1) is 24.0 Å². The van der Waals surface area contributed by atoms with Gasteiger partial charge in [0, 0.05) is 30.3 Å². The van der Waals surface area contributed by atoms with Gasteiger partial charge >= 0.3 is 0 Å². The minimum atomic E-state index is -2.98. The normalized spacial score (nSPS) is 15.5. The van der Waals surface area contributed by atoms with E-state index in [0.717, 1.165) is 30.6 Å². The molecule has 1 fully saturated rings. The van der Waals surface area contributed by atoms with Gasteiger partial charge in [0.15, 0.2) is 5.96 Å². The van der Waals surface area contributed by atoms with Crippen molar-refractivity contribution in [1.29, 1.82) is 0 Å². The van der Waals surface area contributed by atoms with Gasteiger partial charge in [-0.25, -0.2) is 18.4 Å². The second-order valence-electron chi connectivity index (χ2n) is 7.63. The Labute approximate surface area is 189 Å². The Hall–Kier alpha value is -1.62. The van der Waals surface area contributed by atoms with E-state index < -0.39 is 9.84 Å². The molecular weight excluding hydrogens is 503 g/mol. The number of benzene rings is 1. The van der Waals surface area contributed by atoms with Crippen molar-refractivity contribution in [3.8, 4) is 11.5 Å². The molecule has 3 rings (SSSR count). The fourth-order valence-corrected chi connectivity index (χ4v) is 4.59. The number of aliphatic imine (C=N–C) groups is 1. The van der Waals surface area contributed by atoms with Crippen LogP contribution in [0.2, 0.25) is 0 Å². The summed E-state index contributed by atoms with van der Waals surface area (Å²) in [5, 5.41) is 6.47. The van der Waals surface area contributed by atoms with Crippen molar-refractivity contribution in [3.63, 3.8) is 0 Å². The van der Waals surface area contributed by atoms with Crippen LogP contribution >= 0.6 is 24.0 Å². The highest BCUT2D eigenvalue weighted by atomic mass is 127. The molecule has 29 heavy (non-hydrogen) atoms. The maximum atomic E-state index is 11.6. The lowest BCUT2D eigenvalue weighted by atomic mass is 10.1. The first-order valence-corrected chi connectivity index (χ1v) is 11.6. The van der Waals surface area contributed by atoms with E-state index in [2.05, 4.69) is 20.6 Å². The van der Waals surface area contributed by atoms with Crippen molar-refractivity contribution in [2.45, 2.75) is 33.2 Å². The third-order valence-corrected chi connectivity index (χ3v) is 5.89.